The smallest absolute Gasteiger partial charge is 0.183 e. The first-order chi connectivity index (χ1) is 7.86. The average Bonchev–Trinajstić information content (AvgIpc) is 2.22. The molecule has 0 spiro atoms. The van der Waals surface area contributed by atoms with Gasteiger partial charge in [-0.15, -0.1) is 0 Å². The normalized spacial score (nSPS) is 21.8. The summed E-state index contributed by atoms with van der Waals surface area (Å²) in [6.45, 7) is 1.84. The maximum atomic E-state index is 12.1. The minimum Gasteiger partial charge on any atom is -0.356 e. The summed E-state index contributed by atoms with van der Waals surface area (Å²) in [5.74, 6) is -0.150. The Morgan fingerprint density at radius 2 is 2.18 bits per heavy atom. The Morgan fingerprint density at radius 3 is 2.76 bits per heavy atom. The van der Waals surface area contributed by atoms with Crippen molar-refractivity contribution in [2.75, 3.05) is 17.7 Å². The molecule has 0 N–H and O–H groups in total. The molecule has 90 valence electrons. The Kier molecular flexibility index (Phi) is 2.92. The van der Waals surface area contributed by atoms with Crippen molar-refractivity contribution in [3.8, 4) is 6.07 Å². The van der Waals surface area contributed by atoms with E-state index in [-0.39, 0.29) is 5.75 Å². The maximum absolute atomic E-state index is 12.1. The highest BCUT2D eigenvalue weighted by Gasteiger charge is 2.35. The predicted molar refractivity (Wildman–Crippen MR) is 68.7 cm³/mol. The number of anilines is 1. The average molecular weight is 315 g/mol. The molecule has 1 atom stereocenters. The molecule has 0 fully saturated rings. The molecule has 0 amide bonds. The van der Waals surface area contributed by atoms with Gasteiger partial charge in [0.2, 0.25) is 0 Å². The molecule has 0 radical (unpaired) electrons. The van der Waals surface area contributed by atoms with Crippen LogP contribution < -0.4 is 4.90 Å². The molecule has 0 aliphatic carbocycles. The Morgan fingerprint density at radius 1 is 1.53 bits per heavy atom. The summed E-state index contributed by atoms with van der Waals surface area (Å²) in [5.41, 5.74) is 1.46. The number of hydrogen-bond donors (Lipinski definition) is 0. The Hall–Kier alpha value is -1.06. The lowest BCUT2D eigenvalue weighted by molar-refractivity contribution is 0.585. The maximum Gasteiger partial charge on any atom is 0.183 e. The SMILES string of the molecule is Cc1cc(Br)c2c(c1)S(=O)(=O)CC(C#N)N2C. The molecule has 1 aromatic rings. The largest absolute Gasteiger partial charge is 0.356 e. The van der Waals surface area contributed by atoms with E-state index in [9.17, 15) is 8.42 Å². The second kappa shape index (κ2) is 4.00. The van der Waals surface area contributed by atoms with E-state index in [1.54, 1.807) is 18.0 Å². The monoisotopic (exact) mass is 314 g/mol. The van der Waals surface area contributed by atoms with Gasteiger partial charge in [-0.2, -0.15) is 5.26 Å². The number of aryl methyl sites for hydroxylation is 1. The van der Waals surface area contributed by atoms with Gasteiger partial charge in [0.15, 0.2) is 9.84 Å². The molecule has 1 aliphatic rings. The topological polar surface area (TPSA) is 61.2 Å². The van der Waals surface area contributed by atoms with E-state index in [0.29, 0.717) is 15.1 Å². The molecule has 2 rings (SSSR count). The molecule has 0 aromatic heterocycles. The van der Waals surface area contributed by atoms with Crippen LogP contribution in [0.15, 0.2) is 21.5 Å². The summed E-state index contributed by atoms with van der Waals surface area (Å²) in [7, 11) is -1.64. The highest BCUT2D eigenvalue weighted by atomic mass is 79.9. The van der Waals surface area contributed by atoms with E-state index in [2.05, 4.69) is 15.9 Å². The Bertz CT molecular complexity index is 619. The van der Waals surface area contributed by atoms with Gasteiger partial charge in [-0.25, -0.2) is 8.42 Å². The standard InChI is InChI=1S/C11H11BrN2O2S/c1-7-3-9(12)11-10(4-7)17(15,16)6-8(5-13)14(11)2/h3-4,8H,6H2,1-2H3. The first-order valence-corrected chi connectivity index (χ1v) is 7.46. The number of fused-ring (bicyclic) bond motifs is 1. The predicted octanol–water partition coefficient (Wildman–Crippen LogP) is 1.87. The molecular weight excluding hydrogens is 304 g/mol. The fourth-order valence-corrected chi connectivity index (χ4v) is 4.76. The fraction of sp³-hybridized carbons (Fsp3) is 0.364. The van der Waals surface area contributed by atoms with Crippen molar-refractivity contribution in [1.82, 2.24) is 0 Å². The van der Waals surface area contributed by atoms with Crippen molar-refractivity contribution in [2.24, 2.45) is 0 Å². The molecule has 1 heterocycles. The first kappa shape index (κ1) is 12.4. The fourth-order valence-electron chi connectivity index (χ4n) is 1.97. The molecule has 0 bridgehead atoms. The second-order valence-corrected chi connectivity index (χ2v) is 6.99. The third-order valence-corrected chi connectivity index (χ3v) is 5.19. The first-order valence-electron chi connectivity index (χ1n) is 5.02. The third kappa shape index (κ3) is 1.94. The van der Waals surface area contributed by atoms with Crippen LogP contribution in [0.25, 0.3) is 0 Å². The zero-order chi connectivity index (χ0) is 12.8. The molecule has 1 aliphatic heterocycles. The van der Waals surface area contributed by atoms with Crippen LogP contribution in [0.1, 0.15) is 5.56 Å². The van der Waals surface area contributed by atoms with Crippen molar-refractivity contribution in [3.63, 3.8) is 0 Å². The highest BCUT2D eigenvalue weighted by Crippen LogP contribution is 2.39. The van der Waals surface area contributed by atoms with Crippen molar-refractivity contribution in [3.05, 3.63) is 22.2 Å². The van der Waals surface area contributed by atoms with Crippen LogP contribution in [0.5, 0.6) is 0 Å². The minimum absolute atomic E-state index is 0.150. The lowest BCUT2D eigenvalue weighted by Gasteiger charge is -2.32. The second-order valence-electron chi connectivity index (χ2n) is 4.13. The third-order valence-electron chi connectivity index (χ3n) is 2.85. The lowest BCUT2D eigenvalue weighted by atomic mass is 10.2. The number of nitrogens with zero attached hydrogens (tertiary/aromatic N) is 2. The van der Waals surface area contributed by atoms with Crippen molar-refractivity contribution >= 4 is 31.5 Å². The lowest BCUT2D eigenvalue weighted by Crippen LogP contribution is -2.41. The number of benzene rings is 1. The minimum atomic E-state index is -3.38. The summed E-state index contributed by atoms with van der Waals surface area (Å²) in [4.78, 5) is 2.01. The van der Waals surface area contributed by atoms with Gasteiger partial charge < -0.3 is 4.90 Å². The van der Waals surface area contributed by atoms with E-state index in [4.69, 9.17) is 5.26 Å². The van der Waals surface area contributed by atoms with Crippen molar-refractivity contribution in [2.45, 2.75) is 17.9 Å². The number of halogens is 1. The van der Waals surface area contributed by atoms with Crippen LogP contribution in [-0.4, -0.2) is 27.3 Å². The van der Waals surface area contributed by atoms with Gasteiger partial charge in [-0.1, -0.05) is 0 Å². The van der Waals surface area contributed by atoms with Gasteiger partial charge in [-0.05, 0) is 40.5 Å². The van der Waals surface area contributed by atoms with Crippen LogP contribution >= 0.6 is 15.9 Å². The number of nitriles is 1. The van der Waals surface area contributed by atoms with E-state index in [1.807, 2.05) is 19.1 Å². The van der Waals surface area contributed by atoms with Crippen molar-refractivity contribution < 1.29 is 8.42 Å². The van der Waals surface area contributed by atoms with E-state index < -0.39 is 15.9 Å². The zero-order valence-electron chi connectivity index (χ0n) is 9.44. The Balaban J connectivity index is 2.78. The number of sulfone groups is 1. The Labute approximate surface area is 109 Å². The summed E-state index contributed by atoms with van der Waals surface area (Å²) < 4.78 is 24.9. The van der Waals surface area contributed by atoms with E-state index in [0.717, 1.165) is 5.56 Å². The van der Waals surface area contributed by atoms with E-state index in [1.165, 1.54) is 0 Å². The van der Waals surface area contributed by atoms with Gasteiger partial charge >= 0.3 is 0 Å². The molecule has 0 saturated carbocycles. The molecule has 0 saturated heterocycles. The van der Waals surface area contributed by atoms with Gasteiger partial charge in [0.05, 0.1) is 22.4 Å². The van der Waals surface area contributed by atoms with Crippen LogP contribution in [0.2, 0.25) is 0 Å². The quantitative estimate of drug-likeness (QED) is 0.733. The molecule has 1 aromatic carbocycles. The molecule has 17 heavy (non-hydrogen) atoms. The van der Waals surface area contributed by atoms with E-state index >= 15 is 0 Å². The van der Waals surface area contributed by atoms with Gasteiger partial charge in [-0.3, -0.25) is 0 Å². The summed E-state index contributed by atoms with van der Waals surface area (Å²) >= 11 is 3.37. The van der Waals surface area contributed by atoms with Crippen LogP contribution in [0.4, 0.5) is 5.69 Å². The highest BCUT2D eigenvalue weighted by molar-refractivity contribution is 9.10. The van der Waals surface area contributed by atoms with Crippen LogP contribution in [0.3, 0.4) is 0 Å². The number of rotatable bonds is 0. The van der Waals surface area contributed by atoms with Crippen LogP contribution in [-0.2, 0) is 9.84 Å². The molecular formula is C11H11BrN2O2S. The number of hydrogen-bond acceptors (Lipinski definition) is 4. The summed E-state index contributed by atoms with van der Waals surface area (Å²) in [6, 6.07) is 4.89. The summed E-state index contributed by atoms with van der Waals surface area (Å²) in [6.07, 6.45) is 0. The molecule has 1 unspecified atom stereocenters. The van der Waals surface area contributed by atoms with Crippen molar-refractivity contribution in [1.29, 1.82) is 5.26 Å². The van der Waals surface area contributed by atoms with Gasteiger partial charge in [0, 0.05) is 11.5 Å². The summed E-state index contributed by atoms with van der Waals surface area (Å²) in [5, 5.41) is 8.99. The molecule has 4 nitrogen and oxygen atoms in total. The van der Waals surface area contributed by atoms with Crippen LogP contribution in [0, 0.1) is 18.3 Å². The van der Waals surface area contributed by atoms with Gasteiger partial charge in [0.25, 0.3) is 0 Å². The van der Waals surface area contributed by atoms with Gasteiger partial charge in [0.1, 0.15) is 6.04 Å². The zero-order valence-corrected chi connectivity index (χ0v) is 11.8. The molecule has 6 heteroatoms.